The van der Waals surface area contributed by atoms with E-state index in [2.05, 4.69) is 19.1 Å². The van der Waals surface area contributed by atoms with Crippen molar-refractivity contribution in [1.29, 1.82) is 0 Å². The molecule has 1 aliphatic rings. The topological polar surface area (TPSA) is 35.5 Å². The third-order valence-electron chi connectivity index (χ3n) is 7.25. The third-order valence-corrected chi connectivity index (χ3v) is 7.25. The summed E-state index contributed by atoms with van der Waals surface area (Å²) in [7, 11) is 1.66. The molecule has 3 nitrogen and oxygen atoms in total. The maximum absolute atomic E-state index is 13.5. The van der Waals surface area contributed by atoms with E-state index in [-0.39, 0.29) is 5.97 Å². The molecule has 0 aromatic heterocycles. The SMILES string of the molecule is CCCCCCCCCCCCCCCOC(=O)C1(COC)c2ccccc2-c2ccccc21. The van der Waals surface area contributed by atoms with Gasteiger partial charge in [-0.15, -0.1) is 0 Å². The van der Waals surface area contributed by atoms with Crippen molar-refractivity contribution in [3.8, 4) is 11.1 Å². The van der Waals surface area contributed by atoms with E-state index >= 15 is 0 Å². The fourth-order valence-corrected chi connectivity index (χ4v) is 5.38. The number of fused-ring (bicyclic) bond motifs is 3. The summed E-state index contributed by atoms with van der Waals surface area (Å²) in [6.45, 7) is 3.04. The molecule has 3 rings (SSSR count). The van der Waals surface area contributed by atoms with E-state index in [1.807, 2.05) is 36.4 Å². The molecule has 0 radical (unpaired) electrons. The van der Waals surface area contributed by atoms with Crippen molar-refractivity contribution in [3.05, 3.63) is 59.7 Å². The quantitative estimate of drug-likeness (QED) is 0.175. The zero-order valence-electron chi connectivity index (χ0n) is 21.5. The fraction of sp³-hybridized carbons (Fsp3) is 0.581. The summed E-state index contributed by atoms with van der Waals surface area (Å²) in [5, 5.41) is 0. The molecule has 186 valence electrons. The van der Waals surface area contributed by atoms with Crippen molar-refractivity contribution in [2.24, 2.45) is 0 Å². The number of rotatable bonds is 17. The van der Waals surface area contributed by atoms with E-state index < -0.39 is 5.41 Å². The number of carbonyl (C=O) groups is 1. The predicted octanol–water partition coefficient (Wildman–Crippen LogP) is 8.23. The Morgan fingerprint density at radius 2 is 1.12 bits per heavy atom. The molecule has 0 amide bonds. The van der Waals surface area contributed by atoms with Crippen molar-refractivity contribution in [2.75, 3.05) is 20.3 Å². The summed E-state index contributed by atoms with van der Waals surface area (Å²) >= 11 is 0. The number of hydrogen-bond acceptors (Lipinski definition) is 3. The summed E-state index contributed by atoms with van der Waals surface area (Å²) in [4.78, 5) is 13.5. The molecule has 0 atom stereocenters. The lowest BCUT2D eigenvalue weighted by atomic mass is 9.79. The Kier molecular flexibility index (Phi) is 11.1. The largest absolute Gasteiger partial charge is 0.465 e. The third kappa shape index (κ3) is 6.50. The summed E-state index contributed by atoms with van der Waals surface area (Å²) < 4.78 is 11.5. The summed E-state index contributed by atoms with van der Waals surface area (Å²) in [5.74, 6) is -0.189. The molecule has 0 unspecified atom stereocenters. The van der Waals surface area contributed by atoms with Crippen LogP contribution in [0.1, 0.15) is 102 Å². The molecule has 0 saturated heterocycles. The maximum Gasteiger partial charge on any atom is 0.323 e. The van der Waals surface area contributed by atoms with Gasteiger partial charge in [0.1, 0.15) is 5.41 Å². The van der Waals surface area contributed by atoms with Gasteiger partial charge >= 0.3 is 5.97 Å². The van der Waals surface area contributed by atoms with Crippen LogP contribution >= 0.6 is 0 Å². The molecule has 2 aromatic carbocycles. The monoisotopic (exact) mass is 464 g/mol. The van der Waals surface area contributed by atoms with Crippen molar-refractivity contribution in [3.63, 3.8) is 0 Å². The summed E-state index contributed by atoms with van der Waals surface area (Å²) in [5.41, 5.74) is 3.32. The van der Waals surface area contributed by atoms with Crippen LogP contribution in [-0.4, -0.2) is 26.3 Å². The van der Waals surface area contributed by atoms with Crippen LogP contribution < -0.4 is 0 Å². The number of esters is 1. The Morgan fingerprint density at radius 1 is 0.676 bits per heavy atom. The summed E-state index contributed by atoms with van der Waals surface area (Å²) in [6.07, 6.45) is 17.0. The van der Waals surface area contributed by atoms with E-state index in [1.54, 1.807) is 7.11 Å². The van der Waals surface area contributed by atoms with Gasteiger partial charge in [0, 0.05) is 7.11 Å². The van der Waals surface area contributed by atoms with E-state index in [9.17, 15) is 4.79 Å². The van der Waals surface area contributed by atoms with Gasteiger partial charge in [0.15, 0.2) is 0 Å². The lowest BCUT2D eigenvalue weighted by Gasteiger charge is -2.29. The van der Waals surface area contributed by atoms with Crippen molar-refractivity contribution < 1.29 is 14.3 Å². The lowest BCUT2D eigenvalue weighted by Crippen LogP contribution is -2.41. The van der Waals surface area contributed by atoms with Gasteiger partial charge < -0.3 is 9.47 Å². The molecule has 0 bridgehead atoms. The lowest BCUT2D eigenvalue weighted by molar-refractivity contribution is -0.151. The van der Waals surface area contributed by atoms with Crippen LogP contribution in [0.5, 0.6) is 0 Å². The Bertz CT molecular complexity index is 827. The minimum atomic E-state index is -0.877. The van der Waals surface area contributed by atoms with Gasteiger partial charge in [-0.25, -0.2) is 0 Å². The maximum atomic E-state index is 13.5. The number of benzene rings is 2. The Labute approximate surface area is 207 Å². The minimum absolute atomic E-state index is 0.189. The molecular formula is C31H44O3. The first-order chi connectivity index (χ1) is 16.8. The van der Waals surface area contributed by atoms with Crippen molar-refractivity contribution >= 4 is 5.97 Å². The first-order valence-electron chi connectivity index (χ1n) is 13.6. The smallest absolute Gasteiger partial charge is 0.323 e. The Balaban J connectivity index is 1.39. The second-order valence-corrected chi connectivity index (χ2v) is 9.81. The highest BCUT2D eigenvalue weighted by Gasteiger charge is 2.50. The van der Waals surface area contributed by atoms with Gasteiger partial charge in [-0.1, -0.05) is 133 Å². The molecule has 0 aliphatic heterocycles. The normalized spacial score (nSPS) is 13.5. The van der Waals surface area contributed by atoms with Crippen LogP contribution in [-0.2, 0) is 19.7 Å². The van der Waals surface area contributed by atoms with Gasteiger partial charge in [0.25, 0.3) is 0 Å². The number of hydrogen-bond donors (Lipinski definition) is 0. The van der Waals surface area contributed by atoms with Gasteiger partial charge in [-0.05, 0) is 28.7 Å². The Morgan fingerprint density at radius 3 is 1.59 bits per heavy atom. The minimum Gasteiger partial charge on any atom is -0.465 e. The molecule has 0 fully saturated rings. The highest BCUT2D eigenvalue weighted by molar-refractivity contribution is 5.98. The van der Waals surface area contributed by atoms with Crippen LogP contribution in [0.15, 0.2) is 48.5 Å². The van der Waals surface area contributed by atoms with Crippen LogP contribution in [0, 0.1) is 0 Å². The number of carbonyl (C=O) groups excluding carboxylic acids is 1. The highest BCUT2D eigenvalue weighted by atomic mass is 16.5. The van der Waals surface area contributed by atoms with E-state index in [0.717, 1.165) is 35.1 Å². The molecule has 0 heterocycles. The zero-order chi connectivity index (χ0) is 24.1. The molecule has 0 spiro atoms. The van der Waals surface area contributed by atoms with Crippen molar-refractivity contribution in [1.82, 2.24) is 0 Å². The number of unbranched alkanes of at least 4 members (excludes halogenated alkanes) is 12. The number of ether oxygens (including phenoxy) is 2. The molecular weight excluding hydrogens is 420 g/mol. The average Bonchev–Trinajstić information content (AvgIpc) is 3.15. The first-order valence-corrected chi connectivity index (χ1v) is 13.6. The average molecular weight is 465 g/mol. The van der Waals surface area contributed by atoms with Crippen molar-refractivity contribution in [2.45, 2.75) is 95.8 Å². The van der Waals surface area contributed by atoms with E-state index in [1.165, 1.54) is 70.6 Å². The fourth-order valence-electron chi connectivity index (χ4n) is 5.38. The second kappa shape index (κ2) is 14.3. The van der Waals surface area contributed by atoms with Crippen LogP contribution in [0.2, 0.25) is 0 Å². The molecule has 2 aromatic rings. The predicted molar refractivity (Wildman–Crippen MR) is 141 cm³/mol. The van der Waals surface area contributed by atoms with E-state index in [0.29, 0.717) is 13.2 Å². The zero-order valence-corrected chi connectivity index (χ0v) is 21.5. The standard InChI is InChI=1S/C31H44O3/c1-3-4-5-6-7-8-9-10-11-12-13-14-19-24-34-30(32)31(25-33-2)28-22-17-15-20-26(28)27-21-16-18-23-29(27)31/h15-18,20-23H,3-14,19,24-25H2,1-2H3. The van der Waals surface area contributed by atoms with Gasteiger partial charge in [-0.3, -0.25) is 4.79 Å². The molecule has 0 saturated carbocycles. The highest BCUT2D eigenvalue weighted by Crippen LogP contribution is 2.49. The molecule has 3 heteroatoms. The van der Waals surface area contributed by atoms with Crippen LogP contribution in [0.3, 0.4) is 0 Å². The molecule has 1 aliphatic carbocycles. The molecule has 0 N–H and O–H groups in total. The van der Waals surface area contributed by atoms with Gasteiger partial charge in [-0.2, -0.15) is 0 Å². The molecule has 34 heavy (non-hydrogen) atoms. The van der Waals surface area contributed by atoms with Crippen LogP contribution in [0.4, 0.5) is 0 Å². The van der Waals surface area contributed by atoms with Crippen LogP contribution in [0.25, 0.3) is 11.1 Å². The number of methoxy groups -OCH3 is 1. The van der Waals surface area contributed by atoms with E-state index in [4.69, 9.17) is 9.47 Å². The first kappa shape index (κ1) is 26.5. The van der Waals surface area contributed by atoms with Gasteiger partial charge in [0.05, 0.1) is 13.2 Å². The summed E-state index contributed by atoms with van der Waals surface area (Å²) in [6, 6.07) is 16.3. The Hall–Kier alpha value is -2.13. The van der Waals surface area contributed by atoms with Gasteiger partial charge in [0.2, 0.25) is 0 Å². The second-order valence-electron chi connectivity index (χ2n) is 9.81.